The van der Waals surface area contributed by atoms with Crippen LogP contribution in [0, 0.1) is 5.41 Å². The number of ether oxygens (including phenoxy) is 3. The molecule has 2 aliphatic heterocycles. The second-order valence-electron chi connectivity index (χ2n) is 8.76. The van der Waals surface area contributed by atoms with E-state index in [2.05, 4.69) is 0 Å². The summed E-state index contributed by atoms with van der Waals surface area (Å²) in [4.78, 5) is 11.4. The Morgan fingerprint density at radius 3 is 2.37 bits per heavy atom. The van der Waals surface area contributed by atoms with Gasteiger partial charge in [-0.25, -0.2) is 0 Å². The van der Waals surface area contributed by atoms with E-state index in [4.69, 9.17) is 14.2 Å². The zero-order valence-corrected chi connectivity index (χ0v) is 16.2. The van der Waals surface area contributed by atoms with Crippen molar-refractivity contribution >= 4 is 5.78 Å². The summed E-state index contributed by atoms with van der Waals surface area (Å²) in [6.45, 7) is 7.02. The van der Waals surface area contributed by atoms with Crippen molar-refractivity contribution in [2.45, 2.75) is 88.5 Å². The van der Waals surface area contributed by atoms with Crippen molar-refractivity contribution in [2.75, 3.05) is 6.61 Å². The summed E-state index contributed by atoms with van der Waals surface area (Å²) in [6, 6.07) is 0. The van der Waals surface area contributed by atoms with Gasteiger partial charge in [0.2, 0.25) is 0 Å². The molecule has 0 amide bonds. The van der Waals surface area contributed by atoms with Crippen LogP contribution in [0.3, 0.4) is 0 Å². The van der Waals surface area contributed by atoms with E-state index in [-0.39, 0.29) is 17.3 Å². The van der Waals surface area contributed by atoms with Gasteiger partial charge in [0.05, 0.1) is 12.7 Å². The number of hydrogen-bond donors (Lipinski definition) is 4. The quantitative estimate of drug-likeness (QED) is 0.373. The summed E-state index contributed by atoms with van der Waals surface area (Å²) in [7, 11) is 0. The van der Waals surface area contributed by atoms with E-state index >= 15 is 0 Å². The molecule has 0 spiro atoms. The molecule has 0 unspecified atom stereocenters. The lowest BCUT2D eigenvalue weighted by Gasteiger charge is -2.44. The van der Waals surface area contributed by atoms with Crippen molar-refractivity contribution in [1.29, 1.82) is 0 Å². The van der Waals surface area contributed by atoms with Crippen molar-refractivity contribution in [3.63, 3.8) is 0 Å². The number of epoxide rings is 1. The lowest BCUT2D eigenvalue weighted by Crippen LogP contribution is -2.60. The molecule has 8 heteroatoms. The smallest absolute Gasteiger partial charge is 0.186 e. The number of carbonyl (C=O) groups is 1. The Labute approximate surface area is 158 Å². The fourth-order valence-electron chi connectivity index (χ4n) is 4.74. The maximum absolute atomic E-state index is 11.4. The van der Waals surface area contributed by atoms with Crippen molar-refractivity contribution in [1.82, 2.24) is 0 Å². The van der Waals surface area contributed by atoms with Crippen LogP contribution in [-0.2, 0) is 19.0 Å². The van der Waals surface area contributed by atoms with Crippen LogP contribution in [0.15, 0.2) is 12.2 Å². The van der Waals surface area contributed by atoms with Crippen molar-refractivity contribution in [3.05, 3.63) is 12.2 Å². The largest absolute Gasteiger partial charge is 0.394 e. The summed E-state index contributed by atoms with van der Waals surface area (Å²) in [5.41, 5.74) is -1.41. The lowest BCUT2D eigenvalue weighted by atomic mass is 9.63. The Bertz CT molecular complexity index is 617. The Hall–Kier alpha value is -0.870. The summed E-state index contributed by atoms with van der Waals surface area (Å²) >= 11 is 0. The Kier molecular flexibility index (Phi) is 5.31. The van der Waals surface area contributed by atoms with Crippen molar-refractivity contribution < 1.29 is 39.4 Å². The number of allylic oxidation sites excluding steroid dienone is 1. The highest BCUT2D eigenvalue weighted by Crippen LogP contribution is 2.66. The highest BCUT2D eigenvalue weighted by atomic mass is 16.7. The van der Waals surface area contributed by atoms with Gasteiger partial charge in [0, 0.05) is 11.8 Å². The van der Waals surface area contributed by atoms with Crippen molar-refractivity contribution in [3.8, 4) is 0 Å². The molecule has 3 rings (SSSR count). The molecule has 1 aliphatic carbocycles. The Morgan fingerprint density at radius 1 is 1.15 bits per heavy atom. The van der Waals surface area contributed by atoms with Gasteiger partial charge in [-0.3, -0.25) is 4.79 Å². The van der Waals surface area contributed by atoms with Gasteiger partial charge in [0.15, 0.2) is 12.1 Å². The topological polar surface area (TPSA) is 129 Å². The van der Waals surface area contributed by atoms with Gasteiger partial charge in [0.25, 0.3) is 0 Å². The van der Waals surface area contributed by atoms with Gasteiger partial charge < -0.3 is 34.6 Å². The number of ketones is 1. The first-order valence-electron chi connectivity index (χ1n) is 9.32. The van der Waals surface area contributed by atoms with Gasteiger partial charge in [0.1, 0.15) is 35.6 Å². The summed E-state index contributed by atoms with van der Waals surface area (Å²) in [6.07, 6.45) is -2.34. The van der Waals surface area contributed by atoms with Crippen LogP contribution in [0.25, 0.3) is 0 Å². The van der Waals surface area contributed by atoms with Crippen LogP contribution in [0.5, 0.6) is 0 Å². The van der Waals surface area contributed by atoms with Gasteiger partial charge >= 0.3 is 0 Å². The molecule has 154 valence electrons. The molecule has 1 saturated carbocycles. The number of aliphatic hydroxyl groups excluding tert-OH is 4. The average Bonchev–Trinajstić information content (AvgIpc) is 3.20. The Morgan fingerprint density at radius 2 is 1.81 bits per heavy atom. The molecule has 3 fully saturated rings. The normalized spacial score (nSPS) is 49.0. The Balaban J connectivity index is 1.73. The number of carbonyl (C=O) groups excluding carboxylic acids is 1. The molecule has 27 heavy (non-hydrogen) atoms. The second kappa shape index (κ2) is 6.88. The monoisotopic (exact) mass is 386 g/mol. The average molecular weight is 386 g/mol. The molecule has 2 saturated heterocycles. The van der Waals surface area contributed by atoms with Crippen LogP contribution >= 0.6 is 0 Å². The van der Waals surface area contributed by atoms with Gasteiger partial charge in [-0.1, -0.05) is 13.8 Å². The van der Waals surface area contributed by atoms with Crippen LogP contribution in [0.4, 0.5) is 0 Å². The van der Waals surface area contributed by atoms with Crippen LogP contribution in [-0.4, -0.2) is 80.8 Å². The van der Waals surface area contributed by atoms with E-state index in [9.17, 15) is 25.2 Å². The molecule has 0 aromatic heterocycles. The van der Waals surface area contributed by atoms with Gasteiger partial charge in [-0.2, -0.15) is 0 Å². The molecule has 0 aromatic rings. The highest BCUT2D eigenvalue weighted by molar-refractivity contribution is 5.87. The minimum absolute atomic E-state index is 0.0438. The van der Waals surface area contributed by atoms with Gasteiger partial charge in [-0.05, 0) is 32.4 Å². The molecule has 8 atom stereocenters. The fraction of sp³-hybridized carbons (Fsp3) is 0.842. The van der Waals surface area contributed by atoms with Crippen LogP contribution < -0.4 is 0 Å². The molecular formula is C19H30O8. The van der Waals surface area contributed by atoms with E-state index in [1.54, 1.807) is 0 Å². The first-order valence-corrected chi connectivity index (χ1v) is 9.32. The van der Waals surface area contributed by atoms with E-state index in [0.717, 1.165) is 0 Å². The lowest BCUT2D eigenvalue weighted by molar-refractivity contribution is -0.315. The fourth-order valence-corrected chi connectivity index (χ4v) is 4.74. The summed E-state index contributed by atoms with van der Waals surface area (Å²) in [5.74, 6) is -0.0438. The molecule has 4 N–H and O–H groups in total. The standard InChI is InChI=1S/C19H30O8/c1-10(21)5-6-19-17(2,3)7-11(8-18(19,4)27-19)25-16-15(24)14(23)13(22)12(9-20)26-16/h5-6,11-16,20,22-24H,7-9H2,1-4H3/b6-5+/t11-,12-,13-,14+,15-,16-,18-,19+/m1/s1. The molecular weight excluding hydrogens is 356 g/mol. The third kappa shape index (κ3) is 3.37. The third-order valence-corrected chi connectivity index (χ3v) is 6.22. The maximum atomic E-state index is 11.4. The van der Waals surface area contributed by atoms with E-state index in [0.29, 0.717) is 12.8 Å². The SMILES string of the molecule is CC(=O)/C=C/[C@@]12O[C@]1(C)C[C@H](O[C@@H]1O[C@H](CO)[C@@H](O)[C@H](O)[C@H]1O)CC2(C)C. The number of rotatable bonds is 5. The second-order valence-corrected chi connectivity index (χ2v) is 8.76. The predicted octanol–water partition coefficient (Wildman–Crippen LogP) is -0.336. The number of fused-ring (bicyclic) bond motifs is 1. The summed E-state index contributed by atoms with van der Waals surface area (Å²) < 4.78 is 17.5. The molecule has 0 aromatic carbocycles. The van der Waals surface area contributed by atoms with Crippen LogP contribution in [0.1, 0.15) is 40.5 Å². The third-order valence-electron chi connectivity index (χ3n) is 6.22. The van der Waals surface area contributed by atoms with Crippen LogP contribution in [0.2, 0.25) is 0 Å². The number of aliphatic hydroxyl groups is 4. The van der Waals surface area contributed by atoms with E-state index in [1.165, 1.54) is 13.0 Å². The minimum Gasteiger partial charge on any atom is -0.394 e. The highest BCUT2D eigenvalue weighted by Gasteiger charge is 2.75. The van der Waals surface area contributed by atoms with E-state index in [1.807, 2.05) is 26.8 Å². The van der Waals surface area contributed by atoms with E-state index < -0.39 is 48.5 Å². The first-order chi connectivity index (χ1) is 12.5. The van der Waals surface area contributed by atoms with Gasteiger partial charge in [-0.15, -0.1) is 0 Å². The zero-order chi connectivity index (χ0) is 20.2. The predicted molar refractivity (Wildman–Crippen MR) is 93.7 cm³/mol. The zero-order valence-electron chi connectivity index (χ0n) is 16.2. The van der Waals surface area contributed by atoms with Crippen molar-refractivity contribution in [2.24, 2.45) is 5.41 Å². The molecule has 8 nitrogen and oxygen atoms in total. The minimum atomic E-state index is -1.47. The summed E-state index contributed by atoms with van der Waals surface area (Å²) in [5, 5.41) is 39.3. The maximum Gasteiger partial charge on any atom is 0.186 e. The molecule has 0 radical (unpaired) electrons. The molecule has 0 bridgehead atoms. The number of hydrogen-bond acceptors (Lipinski definition) is 8. The molecule has 3 aliphatic rings. The first kappa shape index (κ1) is 20.9. The molecule has 2 heterocycles.